The van der Waals surface area contributed by atoms with Crippen LogP contribution in [0.5, 0.6) is 11.5 Å². The van der Waals surface area contributed by atoms with Gasteiger partial charge >= 0.3 is 18.0 Å². The molecule has 8 heteroatoms. The molecule has 0 radical (unpaired) electrons. The summed E-state index contributed by atoms with van der Waals surface area (Å²) in [4.78, 5) is 37.9. The number of esters is 2. The fraction of sp³-hybridized carbons (Fsp3) is 0.233. The molecule has 0 spiro atoms. The number of methoxy groups -OCH3 is 1. The average molecular weight is 515 g/mol. The number of para-hydroxylation sites is 2. The number of hydrogen-bond donors (Lipinski definition) is 2. The van der Waals surface area contributed by atoms with Crippen LogP contribution in [0, 0.1) is 6.92 Å². The third kappa shape index (κ3) is 6.21. The molecule has 4 rings (SSSR count). The zero-order valence-corrected chi connectivity index (χ0v) is 21.6. The van der Waals surface area contributed by atoms with Crippen LogP contribution >= 0.6 is 0 Å². The molecule has 0 aliphatic carbocycles. The van der Waals surface area contributed by atoms with Gasteiger partial charge < -0.3 is 24.8 Å². The van der Waals surface area contributed by atoms with Crippen molar-refractivity contribution in [1.29, 1.82) is 0 Å². The Labute approximate surface area is 221 Å². The summed E-state index contributed by atoms with van der Waals surface area (Å²) in [5, 5.41) is 5.64. The molecule has 3 aromatic carbocycles. The Morgan fingerprint density at radius 3 is 2.37 bits per heavy atom. The maximum Gasteiger partial charge on any atom is 0.341 e. The third-order valence-corrected chi connectivity index (χ3v) is 6.30. The first kappa shape index (κ1) is 26.5. The summed E-state index contributed by atoms with van der Waals surface area (Å²) < 4.78 is 16.4. The van der Waals surface area contributed by atoms with Crippen molar-refractivity contribution in [1.82, 2.24) is 0 Å². The molecule has 0 aromatic heterocycles. The Kier molecular flexibility index (Phi) is 8.43. The van der Waals surface area contributed by atoms with E-state index in [-0.39, 0.29) is 19.0 Å². The number of urea groups is 1. The molecule has 38 heavy (non-hydrogen) atoms. The lowest BCUT2D eigenvalue weighted by Crippen LogP contribution is -2.22. The number of ether oxygens (including phenoxy) is 3. The zero-order chi connectivity index (χ0) is 27.1. The Bertz CT molecular complexity index is 1370. The van der Waals surface area contributed by atoms with Gasteiger partial charge in [-0.2, -0.15) is 0 Å². The first-order chi connectivity index (χ1) is 18.4. The third-order valence-electron chi connectivity index (χ3n) is 6.30. The van der Waals surface area contributed by atoms with Crippen molar-refractivity contribution in [2.24, 2.45) is 0 Å². The number of benzene rings is 3. The normalized spacial score (nSPS) is 12.4. The number of nitrogens with one attached hydrogen (secondary N) is 2. The number of anilines is 2. The van der Waals surface area contributed by atoms with Crippen LogP contribution < -0.4 is 20.1 Å². The molecule has 1 heterocycles. The Hall–Kier alpha value is -4.59. The van der Waals surface area contributed by atoms with Gasteiger partial charge in [0.2, 0.25) is 0 Å². The predicted molar refractivity (Wildman–Crippen MR) is 145 cm³/mol. The summed E-state index contributed by atoms with van der Waals surface area (Å²) in [6, 6.07) is 17.5. The first-order valence-corrected chi connectivity index (χ1v) is 12.3. The van der Waals surface area contributed by atoms with Crippen LogP contribution in [0.1, 0.15) is 46.8 Å². The van der Waals surface area contributed by atoms with Crippen molar-refractivity contribution in [2.75, 3.05) is 17.7 Å². The van der Waals surface area contributed by atoms with Crippen LogP contribution in [0.4, 0.5) is 16.2 Å². The van der Waals surface area contributed by atoms with Crippen LogP contribution in [0.2, 0.25) is 0 Å². The van der Waals surface area contributed by atoms with E-state index in [0.717, 1.165) is 11.1 Å². The molecule has 0 unspecified atom stereocenters. The van der Waals surface area contributed by atoms with Gasteiger partial charge in [0, 0.05) is 23.2 Å². The minimum Gasteiger partial charge on any atom is -0.496 e. The smallest absolute Gasteiger partial charge is 0.341 e. The molecule has 0 saturated heterocycles. The van der Waals surface area contributed by atoms with Crippen LogP contribution in [0.3, 0.4) is 0 Å². The SMILES string of the molecule is COc1c(C)c2c(c(NC(=O)Nc3ccccc3)c1CC=C(C)CCC(=O)Oc1ccccc1)C(=O)OC2. The molecule has 0 saturated carbocycles. The van der Waals surface area contributed by atoms with Gasteiger partial charge in [0.25, 0.3) is 0 Å². The average Bonchev–Trinajstić information content (AvgIpc) is 3.31. The van der Waals surface area contributed by atoms with E-state index in [1.807, 2.05) is 44.2 Å². The van der Waals surface area contributed by atoms with Gasteiger partial charge in [-0.05, 0) is 56.5 Å². The van der Waals surface area contributed by atoms with Crippen molar-refractivity contribution in [3.63, 3.8) is 0 Å². The van der Waals surface area contributed by atoms with Crippen molar-refractivity contribution in [2.45, 2.75) is 39.7 Å². The van der Waals surface area contributed by atoms with Crippen LogP contribution in [0.25, 0.3) is 0 Å². The summed E-state index contributed by atoms with van der Waals surface area (Å²) in [6.07, 6.45) is 3.04. The molecule has 0 fully saturated rings. The lowest BCUT2D eigenvalue weighted by atomic mass is 9.93. The van der Waals surface area contributed by atoms with E-state index < -0.39 is 12.0 Å². The molecule has 2 amide bonds. The number of allylic oxidation sites excluding steroid dienone is 2. The Morgan fingerprint density at radius 1 is 1.00 bits per heavy atom. The second kappa shape index (κ2) is 12.1. The summed E-state index contributed by atoms with van der Waals surface area (Å²) in [5.41, 5.74) is 4.38. The predicted octanol–water partition coefficient (Wildman–Crippen LogP) is 6.19. The number of carbonyl (C=O) groups excluding carboxylic acids is 3. The molecular weight excluding hydrogens is 484 g/mol. The van der Waals surface area contributed by atoms with Gasteiger partial charge in [0.1, 0.15) is 18.1 Å². The monoisotopic (exact) mass is 514 g/mol. The summed E-state index contributed by atoms with van der Waals surface area (Å²) in [5.74, 6) is 0.266. The summed E-state index contributed by atoms with van der Waals surface area (Å²) in [7, 11) is 1.56. The largest absolute Gasteiger partial charge is 0.496 e. The zero-order valence-electron chi connectivity index (χ0n) is 21.6. The summed E-state index contributed by atoms with van der Waals surface area (Å²) in [6.45, 7) is 3.91. The fourth-order valence-electron chi connectivity index (χ4n) is 4.34. The van der Waals surface area contributed by atoms with Gasteiger partial charge in [-0.1, -0.05) is 48.0 Å². The van der Waals surface area contributed by atoms with E-state index >= 15 is 0 Å². The maximum atomic E-state index is 12.9. The molecular formula is C30H30N2O6. The van der Waals surface area contributed by atoms with Crippen molar-refractivity contribution >= 4 is 29.3 Å². The highest BCUT2D eigenvalue weighted by atomic mass is 16.5. The van der Waals surface area contributed by atoms with E-state index in [0.29, 0.717) is 52.4 Å². The first-order valence-electron chi connectivity index (χ1n) is 12.3. The quantitative estimate of drug-likeness (QED) is 0.200. The van der Waals surface area contributed by atoms with Gasteiger partial charge in [-0.25, -0.2) is 9.59 Å². The van der Waals surface area contributed by atoms with Crippen LogP contribution in [0.15, 0.2) is 72.3 Å². The van der Waals surface area contributed by atoms with Gasteiger partial charge in [-0.3, -0.25) is 4.79 Å². The summed E-state index contributed by atoms with van der Waals surface area (Å²) >= 11 is 0. The number of amides is 2. The highest BCUT2D eigenvalue weighted by Gasteiger charge is 2.32. The molecule has 0 bridgehead atoms. The molecule has 196 valence electrons. The molecule has 1 aliphatic heterocycles. The molecule has 0 atom stereocenters. The molecule has 1 aliphatic rings. The standard InChI is InChI=1S/C30H30N2O6/c1-19(15-17-25(33)38-22-12-8-5-9-13-22)14-16-23-27(32-30(35)31-21-10-6-4-7-11-21)26-24(18-37-29(26)34)20(2)28(23)36-3/h4-14H,15-18H2,1-3H3,(H2,31,32,35). The maximum absolute atomic E-state index is 12.9. The fourth-order valence-corrected chi connectivity index (χ4v) is 4.34. The van der Waals surface area contributed by atoms with E-state index in [1.54, 1.807) is 43.5 Å². The van der Waals surface area contributed by atoms with Gasteiger partial charge in [0.15, 0.2) is 0 Å². The lowest BCUT2D eigenvalue weighted by molar-refractivity contribution is -0.134. The van der Waals surface area contributed by atoms with Crippen molar-refractivity contribution in [3.8, 4) is 11.5 Å². The number of cyclic esters (lactones) is 1. The van der Waals surface area contributed by atoms with E-state index in [4.69, 9.17) is 14.2 Å². The van der Waals surface area contributed by atoms with Gasteiger partial charge in [-0.15, -0.1) is 0 Å². The minimum atomic E-state index is -0.494. The number of rotatable bonds is 9. The Morgan fingerprint density at radius 2 is 1.68 bits per heavy atom. The Balaban J connectivity index is 1.55. The van der Waals surface area contributed by atoms with E-state index in [1.165, 1.54) is 0 Å². The number of carbonyl (C=O) groups is 3. The minimum absolute atomic E-state index is 0.115. The van der Waals surface area contributed by atoms with E-state index in [2.05, 4.69) is 10.6 Å². The molecule has 8 nitrogen and oxygen atoms in total. The highest BCUT2D eigenvalue weighted by Crippen LogP contribution is 2.41. The number of hydrogen-bond acceptors (Lipinski definition) is 6. The highest BCUT2D eigenvalue weighted by molar-refractivity contribution is 6.08. The molecule has 2 N–H and O–H groups in total. The molecule has 3 aromatic rings. The second-order valence-corrected chi connectivity index (χ2v) is 8.93. The lowest BCUT2D eigenvalue weighted by Gasteiger charge is -2.20. The van der Waals surface area contributed by atoms with Crippen LogP contribution in [-0.4, -0.2) is 25.1 Å². The topological polar surface area (TPSA) is 103 Å². The van der Waals surface area contributed by atoms with Crippen molar-refractivity contribution in [3.05, 3.63) is 94.6 Å². The van der Waals surface area contributed by atoms with Crippen LogP contribution in [-0.2, 0) is 22.6 Å². The van der Waals surface area contributed by atoms with E-state index in [9.17, 15) is 14.4 Å². The number of fused-ring (bicyclic) bond motifs is 1. The van der Waals surface area contributed by atoms with Gasteiger partial charge in [0.05, 0.1) is 18.4 Å². The van der Waals surface area contributed by atoms with Crippen molar-refractivity contribution < 1.29 is 28.6 Å². The second-order valence-electron chi connectivity index (χ2n) is 8.93.